The zero-order valence-electron chi connectivity index (χ0n) is 14.9. The first-order chi connectivity index (χ1) is 12.8. The first kappa shape index (κ1) is 18.7. The Kier molecular flexibility index (Phi) is 4.76. The average Bonchev–Trinajstić information content (AvgIpc) is 3.16. The van der Waals surface area contributed by atoms with Gasteiger partial charge >= 0.3 is 5.97 Å². The number of carboxylic acids is 1. The summed E-state index contributed by atoms with van der Waals surface area (Å²) in [5.41, 5.74) is 1.04. The van der Waals surface area contributed by atoms with E-state index < -0.39 is 15.8 Å². The van der Waals surface area contributed by atoms with Crippen LogP contribution < -0.4 is 0 Å². The van der Waals surface area contributed by atoms with E-state index in [0.717, 1.165) is 5.52 Å². The molecule has 0 aliphatic rings. The molecule has 0 atom stereocenters. The second kappa shape index (κ2) is 6.89. The van der Waals surface area contributed by atoms with Crippen LogP contribution >= 0.6 is 0 Å². The number of fused-ring (bicyclic) bond motifs is 1. The van der Waals surface area contributed by atoms with Crippen molar-refractivity contribution in [2.45, 2.75) is 36.1 Å². The van der Waals surface area contributed by atoms with Crippen LogP contribution in [0.1, 0.15) is 29.0 Å². The van der Waals surface area contributed by atoms with Crippen LogP contribution in [-0.2, 0) is 23.4 Å². The number of sulfone groups is 1. The summed E-state index contributed by atoms with van der Waals surface area (Å²) in [6, 6.07) is 7.89. The molecular formula is C18H18N4O4S. The molecule has 2 aromatic heterocycles. The monoisotopic (exact) mass is 386 g/mol. The molecule has 0 radical (unpaired) electrons. The number of benzene rings is 1. The molecule has 0 fully saturated rings. The van der Waals surface area contributed by atoms with Gasteiger partial charge in [0, 0.05) is 31.1 Å². The standard InChI is InChI=1S/C18H18N4O4S/c1-12-17(10-16(18(23)24)22(12)8-4-3-7-19)27(25,26)14-5-6-15-13(9-14)11-20-21(15)2/h5-6,9-11H,3-4,8H2,1-2H3,(H,23,24). The fourth-order valence-electron chi connectivity index (χ4n) is 3.11. The molecule has 8 nitrogen and oxygen atoms in total. The second-order valence-electron chi connectivity index (χ2n) is 6.19. The summed E-state index contributed by atoms with van der Waals surface area (Å²) >= 11 is 0. The highest BCUT2D eigenvalue weighted by Gasteiger charge is 2.27. The maximum Gasteiger partial charge on any atom is 0.352 e. The summed E-state index contributed by atoms with van der Waals surface area (Å²) < 4.78 is 29.4. The van der Waals surface area contributed by atoms with Crippen molar-refractivity contribution < 1.29 is 18.3 Å². The van der Waals surface area contributed by atoms with Crippen molar-refractivity contribution in [1.29, 1.82) is 5.26 Å². The van der Waals surface area contributed by atoms with Gasteiger partial charge in [-0.15, -0.1) is 0 Å². The van der Waals surface area contributed by atoms with Gasteiger partial charge in [-0.1, -0.05) is 0 Å². The van der Waals surface area contributed by atoms with Crippen molar-refractivity contribution in [1.82, 2.24) is 14.3 Å². The Hall–Kier alpha value is -3.12. The van der Waals surface area contributed by atoms with E-state index in [0.29, 0.717) is 17.5 Å². The summed E-state index contributed by atoms with van der Waals surface area (Å²) in [6.45, 7) is 1.84. The average molecular weight is 386 g/mol. The van der Waals surface area contributed by atoms with Gasteiger partial charge in [0.05, 0.1) is 27.6 Å². The van der Waals surface area contributed by atoms with Crippen LogP contribution in [0.5, 0.6) is 0 Å². The third-order valence-electron chi connectivity index (χ3n) is 4.53. The van der Waals surface area contributed by atoms with Crippen LogP contribution in [0.3, 0.4) is 0 Å². The van der Waals surface area contributed by atoms with Gasteiger partial charge in [0.15, 0.2) is 0 Å². The van der Waals surface area contributed by atoms with E-state index in [1.54, 1.807) is 30.9 Å². The molecule has 0 bridgehead atoms. The smallest absolute Gasteiger partial charge is 0.352 e. The largest absolute Gasteiger partial charge is 0.477 e. The van der Waals surface area contributed by atoms with Crippen molar-refractivity contribution >= 4 is 26.7 Å². The molecule has 0 saturated heterocycles. The lowest BCUT2D eigenvalue weighted by Crippen LogP contribution is -2.10. The summed E-state index contributed by atoms with van der Waals surface area (Å²) in [5, 5.41) is 22.9. The van der Waals surface area contributed by atoms with Crippen molar-refractivity contribution in [3.63, 3.8) is 0 Å². The number of aryl methyl sites for hydroxylation is 1. The van der Waals surface area contributed by atoms with Crippen LogP contribution in [0.4, 0.5) is 0 Å². The molecule has 0 amide bonds. The number of rotatable bonds is 6. The zero-order valence-corrected chi connectivity index (χ0v) is 15.7. The third-order valence-corrected chi connectivity index (χ3v) is 6.39. The minimum absolute atomic E-state index is 0.0416. The Morgan fingerprint density at radius 1 is 1.33 bits per heavy atom. The number of hydrogen-bond donors (Lipinski definition) is 1. The van der Waals surface area contributed by atoms with Crippen molar-refractivity contribution in [3.05, 3.63) is 41.9 Å². The fourth-order valence-corrected chi connectivity index (χ4v) is 4.66. The van der Waals surface area contributed by atoms with E-state index in [1.165, 1.54) is 22.8 Å². The first-order valence-corrected chi connectivity index (χ1v) is 9.73. The van der Waals surface area contributed by atoms with Gasteiger partial charge in [0.2, 0.25) is 9.84 Å². The molecule has 2 heterocycles. The molecule has 0 aliphatic carbocycles. The topological polar surface area (TPSA) is 118 Å². The van der Waals surface area contributed by atoms with E-state index in [9.17, 15) is 18.3 Å². The maximum atomic E-state index is 13.1. The molecule has 3 rings (SSSR count). The van der Waals surface area contributed by atoms with Gasteiger partial charge in [0.25, 0.3) is 0 Å². The van der Waals surface area contributed by atoms with Gasteiger partial charge in [-0.05, 0) is 37.6 Å². The summed E-state index contributed by atoms with van der Waals surface area (Å²) in [4.78, 5) is 11.6. The van der Waals surface area contributed by atoms with Crippen LogP contribution in [-0.4, -0.2) is 33.8 Å². The van der Waals surface area contributed by atoms with Gasteiger partial charge in [-0.25, -0.2) is 13.2 Å². The molecule has 0 unspecified atom stereocenters. The number of hydrogen-bond acceptors (Lipinski definition) is 5. The van der Waals surface area contributed by atoms with E-state index in [1.807, 2.05) is 6.07 Å². The van der Waals surface area contributed by atoms with Gasteiger partial charge < -0.3 is 9.67 Å². The number of aromatic carboxylic acids is 1. The molecule has 3 aromatic rings. The normalized spacial score (nSPS) is 11.6. The lowest BCUT2D eigenvalue weighted by Gasteiger charge is -2.09. The zero-order chi connectivity index (χ0) is 19.8. The maximum absolute atomic E-state index is 13.1. The van der Waals surface area contributed by atoms with E-state index >= 15 is 0 Å². The van der Waals surface area contributed by atoms with Gasteiger partial charge in [-0.2, -0.15) is 10.4 Å². The van der Waals surface area contributed by atoms with E-state index in [2.05, 4.69) is 5.10 Å². The number of carbonyl (C=O) groups is 1. The first-order valence-electron chi connectivity index (χ1n) is 8.24. The predicted octanol–water partition coefficient (Wildman–Crippen LogP) is 2.52. The molecule has 1 aromatic carbocycles. The summed E-state index contributed by atoms with van der Waals surface area (Å²) in [7, 11) is -2.14. The van der Waals surface area contributed by atoms with Gasteiger partial charge in [0.1, 0.15) is 5.69 Å². The van der Waals surface area contributed by atoms with E-state index in [-0.39, 0.29) is 28.5 Å². The van der Waals surface area contributed by atoms with E-state index in [4.69, 9.17) is 5.26 Å². The van der Waals surface area contributed by atoms with Gasteiger partial charge in [-0.3, -0.25) is 4.68 Å². The fraction of sp³-hybridized carbons (Fsp3) is 0.278. The third kappa shape index (κ3) is 3.19. The van der Waals surface area contributed by atoms with Crippen molar-refractivity contribution in [3.8, 4) is 6.07 Å². The predicted molar refractivity (Wildman–Crippen MR) is 97.1 cm³/mol. The molecule has 0 aliphatic heterocycles. The molecule has 140 valence electrons. The Morgan fingerprint density at radius 3 is 2.74 bits per heavy atom. The van der Waals surface area contributed by atoms with Crippen LogP contribution in [0.25, 0.3) is 10.9 Å². The molecule has 0 saturated carbocycles. The lowest BCUT2D eigenvalue weighted by molar-refractivity contribution is 0.0684. The highest BCUT2D eigenvalue weighted by Crippen LogP contribution is 2.29. The minimum atomic E-state index is -3.90. The Balaban J connectivity index is 2.11. The summed E-state index contributed by atoms with van der Waals surface area (Å²) in [6.07, 6.45) is 2.28. The number of aromatic nitrogens is 3. The Morgan fingerprint density at radius 2 is 2.07 bits per heavy atom. The van der Waals surface area contributed by atoms with Crippen LogP contribution in [0.15, 0.2) is 40.3 Å². The Bertz CT molecular complexity index is 1180. The molecular weight excluding hydrogens is 368 g/mol. The minimum Gasteiger partial charge on any atom is -0.477 e. The highest BCUT2D eigenvalue weighted by molar-refractivity contribution is 7.91. The molecule has 0 spiro atoms. The SMILES string of the molecule is Cc1c(S(=O)(=O)c2ccc3c(cnn3C)c2)cc(C(=O)O)n1CCCC#N. The quantitative estimate of drug-likeness (QED) is 0.650. The van der Waals surface area contributed by atoms with Crippen LogP contribution in [0, 0.1) is 18.3 Å². The van der Waals surface area contributed by atoms with Crippen molar-refractivity contribution in [2.75, 3.05) is 0 Å². The number of unbranched alkanes of at least 4 members (excludes halogenated alkanes) is 1. The second-order valence-corrected chi connectivity index (χ2v) is 8.11. The van der Waals surface area contributed by atoms with Crippen LogP contribution in [0.2, 0.25) is 0 Å². The molecule has 27 heavy (non-hydrogen) atoms. The lowest BCUT2D eigenvalue weighted by atomic mass is 10.2. The number of nitriles is 1. The number of carboxylic acid groups (broad SMARTS) is 1. The molecule has 9 heteroatoms. The molecule has 1 N–H and O–H groups in total. The van der Waals surface area contributed by atoms with Crippen molar-refractivity contribution in [2.24, 2.45) is 7.05 Å². The Labute approximate surface area is 156 Å². The highest BCUT2D eigenvalue weighted by atomic mass is 32.2. The number of nitrogens with zero attached hydrogens (tertiary/aromatic N) is 4. The summed E-state index contributed by atoms with van der Waals surface area (Å²) in [5.74, 6) is -1.21.